The summed E-state index contributed by atoms with van der Waals surface area (Å²) in [5, 5.41) is 8.55. The molecular weight excluding hydrogens is 206 g/mol. The minimum absolute atomic E-state index is 0.590. The van der Waals surface area contributed by atoms with Crippen molar-refractivity contribution in [2.75, 3.05) is 11.5 Å². The molecule has 3 heterocycles. The van der Waals surface area contributed by atoms with Gasteiger partial charge in [0.05, 0.1) is 0 Å². The Labute approximate surface area is 92.9 Å². The Hall–Kier alpha value is -1.03. The van der Waals surface area contributed by atoms with Crippen LogP contribution in [0.1, 0.15) is 23.7 Å². The molecule has 0 aromatic carbocycles. The molecule has 1 aliphatic heterocycles. The first-order chi connectivity index (χ1) is 7.34. The molecule has 1 saturated heterocycles. The number of thioether (sulfide) groups is 1. The van der Waals surface area contributed by atoms with Crippen LogP contribution in [-0.2, 0) is 0 Å². The van der Waals surface area contributed by atoms with Crippen LogP contribution in [-0.4, -0.2) is 26.1 Å². The molecule has 3 rings (SSSR count). The number of nitrogens with zero attached hydrogens (tertiary/aromatic N) is 3. The molecule has 2 aromatic rings. The summed E-state index contributed by atoms with van der Waals surface area (Å²) in [5.41, 5.74) is 2.21. The predicted octanol–water partition coefficient (Wildman–Crippen LogP) is 2.26. The van der Waals surface area contributed by atoms with Crippen molar-refractivity contribution in [1.82, 2.24) is 14.6 Å². The fraction of sp³-hybridized carbons (Fsp3) is 0.455. The van der Waals surface area contributed by atoms with E-state index in [1.165, 1.54) is 23.5 Å². The van der Waals surface area contributed by atoms with E-state index in [0.717, 1.165) is 11.5 Å². The number of rotatable bonds is 1. The molecule has 1 aliphatic rings. The Morgan fingerprint density at radius 3 is 3.20 bits per heavy atom. The van der Waals surface area contributed by atoms with Gasteiger partial charge in [0.15, 0.2) is 5.65 Å². The minimum Gasteiger partial charge on any atom is -0.286 e. The first kappa shape index (κ1) is 9.21. The summed E-state index contributed by atoms with van der Waals surface area (Å²) in [5.74, 6) is 4.17. The molecule has 3 nitrogen and oxygen atoms in total. The first-order valence-electron chi connectivity index (χ1n) is 5.23. The number of pyridine rings is 1. The molecular formula is C11H13N3S. The van der Waals surface area contributed by atoms with Gasteiger partial charge in [-0.05, 0) is 36.8 Å². The highest BCUT2D eigenvalue weighted by molar-refractivity contribution is 7.99. The summed E-state index contributed by atoms with van der Waals surface area (Å²) in [6, 6.07) is 4.19. The molecule has 0 spiro atoms. The van der Waals surface area contributed by atoms with Crippen LogP contribution in [0.3, 0.4) is 0 Å². The Morgan fingerprint density at radius 1 is 1.47 bits per heavy atom. The third-order valence-electron chi connectivity index (χ3n) is 2.89. The Bertz CT molecular complexity index is 486. The molecule has 1 fully saturated rings. The molecule has 1 unspecified atom stereocenters. The normalized spacial score (nSPS) is 21.3. The van der Waals surface area contributed by atoms with Gasteiger partial charge in [-0.3, -0.25) is 4.40 Å². The maximum absolute atomic E-state index is 4.32. The lowest BCUT2D eigenvalue weighted by Gasteiger charge is -2.05. The van der Waals surface area contributed by atoms with Gasteiger partial charge in [-0.25, -0.2) is 0 Å². The lowest BCUT2D eigenvalue weighted by atomic mass is 10.1. The van der Waals surface area contributed by atoms with E-state index >= 15 is 0 Å². The van der Waals surface area contributed by atoms with Gasteiger partial charge in [-0.1, -0.05) is 0 Å². The lowest BCUT2D eigenvalue weighted by Crippen LogP contribution is -2.02. The van der Waals surface area contributed by atoms with Gasteiger partial charge in [-0.2, -0.15) is 11.8 Å². The average Bonchev–Trinajstić information content (AvgIpc) is 2.82. The van der Waals surface area contributed by atoms with E-state index in [1.54, 1.807) is 0 Å². The van der Waals surface area contributed by atoms with Crippen molar-refractivity contribution in [3.8, 4) is 0 Å². The van der Waals surface area contributed by atoms with Crippen LogP contribution >= 0.6 is 11.8 Å². The first-order valence-corrected chi connectivity index (χ1v) is 6.39. The quantitative estimate of drug-likeness (QED) is 0.737. The SMILES string of the molecule is Cc1ccn2c(C3CCSC3)nnc2c1. The van der Waals surface area contributed by atoms with E-state index in [-0.39, 0.29) is 0 Å². The Morgan fingerprint density at radius 2 is 2.40 bits per heavy atom. The summed E-state index contributed by atoms with van der Waals surface area (Å²) in [7, 11) is 0. The highest BCUT2D eigenvalue weighted by Crippen LogP contribution is 2.31. The van der Waals surface area contributed by atoms with Crippen molar-refractivity contribution in [1.29, 1.82) is 0 Å². The second kappa shape index (κ2) is 3.52. The van der Waals surface area contributed by atoms with Gasteiger partial charge in [-0.15, -0.1) is 10.2 Å². The van der Waals surface area contributed by atoms with Crippen LogP contribution in [0.25, 0.3) is 5.65 Å². The van der Waals surface area contributed by atoms with E-state index in [2.05, 4.69) is 39.9 Å². The fourth-order valence-electron chi connectivity index (χ4n) is 2.03. The van der Waals surface area contributed by atoms with E-state index < -0.39 is 0 Å². The Kier molecular flexibility index (Phi) is 2.16. The van der Waals surface area contributed by atoms with Crippen LogP contribution in [0.4, 0.5) is 0 Å². The van der Waals surface area contributed by atoms with Crippen molar-refractivity contribution in [3.63, 3.8) is 0 Å². The maximum Gasteiger partial charge on any atom is 0.161 e. The van der Waals surface area contributed by atoms with Crippen molar-refractivity contribution < 1.29 is 0 Å². The number of fused-ring (bicyclic) bond motifs is 1. The second-order valence-corrected chi connectivity index (χ2v) is 5.20. The molecule has 1 atom stereocenters. The molecule has 0 bridgehead atoms. The van der Waals surface area contributed by atoms with Gasteiger partial charge < -0.3 is 0 Å². The molecule has 78 valence electrons. The van der Waals surface area contributed by atoms with Crippen LogP contribution < -0.4 is 0 Å². The number of aryl methyl sites for hydroxylation is 1. The maximum atomic E-state index is 4.32. The summed E-state index contributed by atoms with van der Waals surface area (Å²) in [6.45, 7) is 2.08. The average molecular weight is 219 g/mol. The zero-order chi connectivity index (χ0) is 10.3. The number of hydrogen-bond donors (Lipinski definition) is 0. The largest absolute Gasteiger partial charge is 0.286 e. The molecule has 15 heavy (non-hydrogen) atoms. The van der Waals surface area contributed by atoms with Crippen LogP contribution in [0.5, 0.6) is 0 Å². The topological polar surface area (TPSA) is 30.2 Å². The van der Waals surface area contributed by atoms with Crippen LogP contribution in [0.15, 0.2) is 18.3 Å². The second-order valence-electron chi connectivity index (χ2n) is 4.05. The van der Waals surface area contributed by atoms with Crippen molar-refractivity contribution in [3.05, 3.63) is 29.7 Å². The zero-order valence-electron chi connectivity index (χ0n) is 8.68. The third kappa shape index (κ3) is 1.53. The Balaban J connectivity index is 2.11. The van der Waals surface area contributed by atoms with Gasteiger partial charge in [0.1, 0.15) is 5.82 Å². The fourth-order valence-corrected chi connectivity index (χ4v) is 3.25. The summed E-state index contributed by atoms with van der Waals surface area (Å²) in [4.78, 5) is 0. The van der Waals surface area contributed by atoms with Crippen molar-refractivity contribution in [2.45, 2.75) is 19.3 Å². The summed E-state index contributed by atoms with van der Waals surface area (Å²) >= 11 is 2.01. The van der Waals surface area contributed by atoms with Gasteiger partial charge in [0, 0.05) is 17.9 Å². The molecule has 4 heteroatoms. The molecule has 2 aromatic heterocycles. The molecule has 0 saturated carbocycles. The lowest BCUT2D eigenvalue weighted by molar-refractivity contribution is 0.705. The van der Waals surface area contributed by atoms with Gasteiger partial charge in [0.2, 0.25) is 0 Å². The standard InChI is InChI=1S/C11H13N3S/c1-8-2-4-14-10(6-8)12-13-11(14)9-3-5-15-7-9/h2,4,6,9H,3,5,7H2,1H3. The van der Waals surface area contributed by atoms with Crippen molar-refractivity contribution >= 4 is 17.4 Å². The van der Waals surface area contributed by atoms with E-state index in [1.807, 2.05) is 11.8 Å². The molecule has 0 aliphatic carbocycles. The summed E-state index contributed by atoms with van der Waals surface area (Å²) < 4.78 is 2.13. The van der Waals surface area contributed by atoms with Gasteiger partial charge >= 0.3 is 0 Å². The minimum atomic E-state index is 0.590. The highest BCUT2D eigenvalue weighted by Gasteiger charge is 2.22. The van der Waals surface area contributed by atoms with E-state index in [0.29, 0.717) is 5.92 Å². The monoisotopic (exact) mass is 219 g/mol. The number of hydrogen-bond acceptors (Lipinski definition) is 3. The third-order valence-corrected chi connectivity index (χ3v) is 4.05. The highest BCUT2D eigenvalue weighted by atomic mass is 32.2. The van der Waals surface area contributed by atoms with Gasteiger partial charge in [0.25, 0.3) is 0 Å². The zero-order valence-corrected chi connectivity index (χ0v) is 9.50. The molecule has 0 N–H and O–H groups in total. The van der Waals surface area contributed by atoms with Crippen LogP contribution in [0, 0.1) is 6.92 Å². The predicted molar refractivity (Wildman–Crippen MR) is 62.4 cm³/mol. The van der Waals surface area contributed by atoms with E-state index in [9.17, 15) is 0 Å². The summed E-state index contributed by atoms with van der Waals surface area (Å²) in [6.07, 6.45) is 3.32. The smallest absolute Gasteiger partial charge is 0.161 e. The van der Waals surface area contributed by atoms with E-state index in [4.69, 9.17) is 0 Å². The van der Waals surface area contributed by atoms with Crippen LogP contribution in [0.2, 0.25) is 0 Å². The van der Waals surface area contributed by atoms with Crippen molar-refractivity contribution in [2.24, 2.45) is 0 Å². The molecule has 0 amide bonds. The molecule has 0 radical (unpaired) electrons. The number of aromatic nitrogens is 3.